The van der Waals surface area contributed by atoms with Gasteiger partial charge >= 0.3 is 6.18 Å². The van der Waals surface area contributed by atoms with Crippen LogP contribution in [0, 0.1) is 5.82 Å². The lowest BCUT2D eigenvalue weighted by Crippen LogP contribution is -2.45. The zero-order valence-electron chi connectivity index (χ0n) is 19.1. The molecule has 2 aromatic carbocycles. The van der Waals surface area contributed by atoms with Crippen molar-refractivity contribution in [2.45, 2.75) is 37.9 Å². The number of alkyl halides is 3. The number of hydrogen-bond donors (Lipinski definition) is 2. The van der Waals surface area contributed by atoms with Crippen molar-refractivity contribution in [3.63, 3.8) is 0 Å². The van der Waals surface area contributed by atoms with Crippen molar-refractivity contribution in [1.82, 2.24) is 5.32 Å². The normalized spacial score (nSPS) is 14.8. The molecule has 1 saturated carbocycles. The van der Waals surface area contributed by atoms with Gasteiger partial charge in [0.15, 0.2) is 0 Å². The number of halogens is 4. The highest BCUT2D eigenvalue weighted by molar-refractivity contribution is 7.86. The first-order valence-corrected chi connectivity index (χ1v) is 12.7. The van der Waals surface area contributed by atoms with E-state index in [9.17, 15) is 36.2 Å². The Morgan fingerprint density at radius 2 is 1.64 bits per heavy atom. The Labute approximate surface area is 207 Å². The maximum absolute atomic E-state index is 13.2. The summed E-state index contributed by atoms with van der Waals surface area (Å²) in [7, 11) is -2.03. The number of rotatable bonds is 9. The van der Waals surface area contributed by atoms with Crippen molar-refractivity contribution >= 4 is 39.9 Å². The highest BCUT2D eigenvalue weighted by atomic mass is 32.2. The lowest BCUT2D eigenvalue weighted by Gasteiger charge is -2.24. The number of benzene rings is 2. The molecule has 3 amide bonds. The zero-order chi connectivity index (χ0) is 26.3. The molecule has 0 spiro atoms. The minimum Gasteiger partial charge on any atom is -0.352 e. The van der Waals surface area contributed by atoms with E-state index in [0.717, 1.165) is 60.9 Å². The van der Waals surface area contributed by atoms with Crippen LogP contribution in [0.4, 0.5) is 28.9 Å². The molecule has 0 saturated heterocycles. The molecule has 0 radical (unpaired) electrons. The number of nitrogens with one attached hydrogen (secondary N) is 2. The second kappa shape index (κ2) is 12.1. The summed E-state index contributed by atoms with van der Waals surface area (Å²) in [6.45, 7) is -0.560. The number of carbonyl (C=O) groups excluding carboxylic acids is 3. The van der Waals surface area contributed by atoms with Gasteiger partial charge in [-0.2, -0.15) is 13.2 Å². The van der Waals surface area contributed by atoms with Crippen LogP contribution in [-0.2, 0) is 31.4 Å². The number of anilines is 2. The molecule has 1 fully saturated rings. The van der Waals surface area contributed by atoms with E-state index in [-0.39, 0.29) is 17.4 Å². The Kier molecular flexibility index (Phi) is 9.19. The monoisotopic (exact) mass is 527 g/mol. The van der Waals surface area contributed by atoms with Gasteiger partial charge in [0.25, 0.3) is 0 Å². The van der Waals surface area contributed by atoms with Crippen molar-refractivity contribution in [1.29, 1.82) is 0 Å². The van der Waals surface area contributed by atoms with Gasteiger partial charge in [0.1, 0.15) is 23.9 Å². The average molecular weight is 528 g/mol. The Morgan fingerprint density at radius 1 is 0.972 bits per heavy atom. The standard InChI is InChI=1S/C24H25F4N3O4S/c25-17-8-10-19(11-9-17)30-22(33)14-36(35)15-23(34)31(13-21(32)29-18-5-1-2-6-18)20-7-3-4-16(12-20)24(26,27)28/h3-4,7-12,18H,1-2,5-6,13-15H2,(H,29,32)(H,30,33)/t36-/m0/s1. The molecule has 0 unspecified atom stereocenters. The fraction of sp³-hybridized carbons (Fsp3) is 0.375. The van der Waals surface area contributed by atoms with Gasteiger partial charge in [0.05, 0.1) is 5.56 Å². The molecule has 7 nitrogen and oxygen atoms in total. The third-order valence-corrected chi connectivity index (χ3v) is 6.67. The lowest BCUT2D eigenvalue weighted by atomic mass is 10.1. The second-order valence-electron chi connectivity index (χ2n) is 8.36. The minimum atomic E-state index is -4.67. The first kappa shape index (κ1) is 27.3. The molecule has 0 aliphatic heterocycles. The largest absolute Gasteiger partial charge is 0.416 e. The van der Waals surface area contributed by atoms with Crippen molar-refractivity contribution in [2.75, 3.05) is 28.3 Å². The van der Waals surface area contributed by atoms with Gasteiger partial charge < -0.3 is 15.5 Å². The van der Waals surface area contributed by atoms with Crippen LogP contribution in [0.3, 0.4) is 0 Å². The van der Waals surface area contributed by atoms with Crippen molar-refractivity contribution in [3.05, 3.63) is 59.9 Å². The quantitative estimate of drug-likeness (QED) is 0.487. The third-order valence-electron chi connectivity index (χ3n) is 5.51. The van der Waals surface area contributed by atoms with Crippen LogP contribution >= 0.6 is 0 Å². The Morgan fingerprint density at radius 3 is 2.28 bits per heavy atom. The van der Waals surface area contributed by atoms with Crippen LogP contribution in [0.5, 0.6) is 0 Å². The average Bonchev–Trinajstić information content (AvgIpc) is 3.31. The van der Waals surface area contributed by atoms with Crippen molar-refractivity contribution in [2.24, 2.45) is 0 Å². The van der Waals surface area contributed by atoms with E-state index < -0.39 is 64.1 Å². The van der Waals surface area contributed by atoms with Crippen LogP contribution in [0.25, 0.3) is 0 Å². The fourth-order valence-electron chi connectivity index (χ4n) is 3.80. The molecule has 0 bridgehead atoms. The molecule has 1 aliphatic rings. The lowest BCUT2D eigenvalue weighted by molar-refractivity contribution is -0.137. The first-order valence-electron chi connectivity index (χ1n) is 11.2. The van der Waals surface area contributed by atoms with Crippen LogP contribution in [0.2, 0.25) is 0 Å². The maximum atomic E-state index is 13.2. The van der Waals surface area contributed by atoms with E-state index in [4.69, 9.17) is 0 Å². The summed E-state index contributed by atoms with van der Waals surface area (Å²) in [5.41, 5.74) is -0.920. The van der Waals surface area contributed by atoms with Crippen molar-refractivity contribution < 1.29 is 36.2 Å². The molecule has 1 atom stereocenters. The predicted octanol–water partition coefficient (Wildman–Crippen LogP) is 3.62. The predicted molar refractivity (Wildman–Crippen MR) is 127 cm³/mol. The summed E-state index contributed by atoms with van der Waals surface area (Å²) in [6.07, 6.45) is -1.23. The summed E-state index contributed by atoms with van der Waals surface area (Å²) in [5, 5.41) is 5.19. The zero-order valence-corrected chi connectivity index (χ0v) is 20.0. The summed E-state index contributed by atoms with van der Waals surface area (Å²) in [5.74, 6) is -3.89. The number of hydrogen-bond acceptors (Lipinski definition) is 4. The summed E-state index contributed by atoms with van der Waals surface area (Å²) >= 11 is 0. The van der Waals surface area contributed by atoms with Gasteiger partial charge in [-0.15, -0.1) is 0 Å². The molecule has 2 aromatic rings. The fourth-order valence-corrected chi connectivity index (χ4v) is 4.70. The molecule has 36 heavy (non-hydrogen) atoms. The van der Waals surface area contributed by atoms with Crippen LogP contribution in [0.15, 0.2) is 48.5 Å². The van der Waals surface area contributed by atoms with Crippen LogP contribution in [-0.4, -0.2) is 46.0 Å². The molecule has 12 heteroatoms. The smallest absolute Gasteiger partial charge is 0.352 e. The topological polar surface area (TPSA) is 95.6 Å². The molecule has 3 rings (SSSR count). The van der Waals surface area contributed by atoms with Gasteiger partial charge in [-0.25, -0.2) is 4.39 Å². The van der Waals surface area contributed by atoms with E-state index in [1.165, 1.54) is 18.2 Å². The highest BCUT2D eigenvalue weighted by Crippen LogP contribution is 2.31. The molecule has 0 aromatic heterocycles. The third kappa shape index (κ3) is 8.14. The van der Waals surface area contributed by atoms with Gasteiger partial charge in [0.2, 0.25) is 17.7 Å². The molecule has 2 N–H and O–H groups in total. The molecule has 194 valence electrons. The van der Waals surface area contributed by atoms with E-state index in [0.29, 0.717) is 0 Å². The van der Waals surface area contributed by atoms with E-state index in [2.05, 4.69) is 10.6 Å². The SMILES string of the molecule is O=C(C[S@](=O)CC(=O)N(CC(=O)NC1CCCC1)c1cccc(C(F)(F)F)c1)Nc1ccc(F)cc1. The molecule has 1 aliphatic carbocycles. The van der Waals surface area contributed by atoms with Crippen LogP contribution in [0.1, 0.15) is 31.2 Å². The first-order chi connectivity index (χ1) is 17.0. The number of nitrogens with zero attached hydrogens (tertiary/aromatic N) is 1. The molecule has 0 heterocycles. The molecular formula is C24H25F4N3O4S. The number of carbonyl (C=O) groups is 3. The van der Waals surface area contributed by atoms with E-state index in [1.54, 1.807) is 0 Å². The number of amides is 3. The second-order valence-corrected chi connectivity index (χ2v) is 9.82. The Bertz CT molecular complexity index is 1120. The van der Waals surface area contributed by atoms with Gasteiger partial charge in [-0.05, 0) is 55.3 Å². The Balaban J connectivity index is 1.69. The van der Waals surface area contributed by atoms with Gasteiger partial charge in [0, 0.05) is 28.2 Å². The van der Waals surface area contributed by atoms with Gasteiger partial charge in [-0.3, -0.25) is 18.6 Å². The van der Waals surface area contributed by atoms with E-state index >= 15 is 0 Å². The summed E-state index contributed by atoms with van der Waals surface area (Å²) in [6, 6.07) is 8.73. The molecular weight excluding hydrogens is 502 g/mol. The maximum Gasteiger partial charge on any atom is 0.416 e. The van der Waals surface area contributed by atoms with Crippen molar-refractivity contribution in [3.8, 4) is 0 Å². The van der Waals surface area contributed by atoms with Gasteiger partial charge in [-0.1, -0.05) is 18.9 Å². The minimum absolute atomic E-state index is 0.0692. The van der Waals surface area contributed by atoms with E-state index in [1.807, 2.05) is 0 Å². The summed E-state index contributed by atoms with van der Waals surface area (Å²) < 4.78 is 65.2. The highest BCUT2D eigenvalue weighted by Gasteiger charge is 2.32. The van der Waals surface area contributed by atoms with Crippen LogP contribution < -0.4 is 15.5 Å². The Hall–Kier alpha value is -3.28. The summed E-state index contributed by atoms with van der Waals surface area (Å²) in [4.78, 5) is 38.5.